The summed E-state index contributed by atoms with van der Waals surface area (Å²) < 4.78 is 72.1. The summed E-state index contributed by atoms with van der Waals surface area (Å²) in [6, 6.07) is 3.95. The van der Waals surface area contributed by atoms with E-state index in [9.17, 15) is 13.2 Å². The Hall–Kier alpha value is -4.00. The number of hydrogen-bond donors (Lipinski definition) is 0. The number of methoxy groups -OCH3 is 2. The van der Waals surface area contributed by atoms with Gasteiger partial charge in [-0.1, -0.05) is 17.7 Å². The molecule has 1 saturated carbocycles. The lowest BCUT2D eigenvalue weighted by Gasteiger charge is -2.14. The maximum absolute atomic E-state index is 15.0. The van der Waals surface area contributed by atoms with E-state index in [4.69, 9.17) is 25.8 Å². The molecule has 39 heavy (non-hydrogen) atoms. The summed E-state index contributed by atoms with van der Waals surface area (Å²) in [5.74, 6) is 0.124. The Labute approximate surface area is 224 Å². The molecule has 3 aromatic heterocycles. The van der Waals surface area contributed by atoms with E-state index in [-0.39, 0.29) is 41.4 Å². The lowest BCUT2D eigenvalue weighted by atomic mass is 10.1. The van der Waals surface area contributed by atoms with Crippen LogP contribution in [0.15, 0.2) is 30.7 Å². The second kappa shape index (κ2) is 10.3. The van der Waals surface area contributed by atoms with Crippen molar-refractivity contribution in [3.05, 3.63) is 58.6 Å². The van der Waals surface area contributed by atoms with Crippen LogP contribution in [0.4, 0.5) is 17.6 Å². The Balaban J connectivity index is 1.42. The van der Waals surface area contributed by atoms with E-state index in [1.807, 2.05) is 0 Å². The number of imidazole rings is 1. The number of halogens is 5. The van der Waals surface area contributed by atoms with Gasteiger partial charge in [-0.2, -0.15) is 18.2 Å². The molecule has 0 saturated heterocycles. The number of nitrogens with zero attached hydrogens (tertiary/aromatic N) is 6. The number of ether oxygens (including phenoxy) is 3. The van der Waals surface area contributed by atoms with E-state index >= 15 is 4.39 Å². The first kappa shape index (κ1) is 26.6. The van der Waals surface area contributed by atoms with Gasteiger partial charge < -0.3 is 18.8 Å². The Bertz CT molecular complexity index is 1540. The van der Waals surface area contributed by atoms with Crippen molar-refractivity contribution in [2.24, 2.45) is 7.05 Å². The minimum atomic E-state index is -4.78. The highest BCUT2D eigenvalue weighted by Gasteiger charge is 2.38. The molecule has 3 heterocycles. The van der Waals surface area contributed by atoms with Crippen LogP contribution in [0.3, 0.4) is 0 Å². The zero-order valence-corrected chi connectivity index (χ0v) is 21.6. The third-order valence-corrected chi connectivity index (χ3v) is 6.54. The predicted octanol–water partition coefficient (Wildman–Crippen LogP) is 5.62. The summed E-state index contributed by atoms with van der Waals surface area (Å²) in [6.45, 7) is -0.128. The molecule has 0 radical (unpaired) electrons. The molecule has 204 valence electrons. The lowest BCUT2D eigenvalue weighted by molar-refractivity contribution is -0.140. The van der Waals surface area contributed by atoms with E-state index in [1.54, 1.807) is 0 Å². The normalized spacial score (nSPS) is 13.4. The zero-order valence-electron chi connectivity index (χ0n) is 20.9. The fourth-order valence-electron chi connectivity index (χ4n) is 4.01. The Morgan fingerprint density at radius 3 is 2.44 bits per heavy atom. The molecule has 0 unspecified atom stereocenters. The average Bonchev–Trinajstić information content (AvgIpc) is 3.72. The standard InChI is InChI=1S/C25H21ClF4N6O3/c1-36-20(26)19(25(28,29)30)34-22(36)14-7-4-12(8-15(14)27)10-39-23-16(37-2)9-31-21(35-23)17-18(13-5-6-13)32-11-33-24(17)38-3/h4,7-9,11,13H,5-6,10H2,1-3H3. The minimum absolute atomic E-state index is 0.0883. The van der Waals surface area contributed by atoms with Gasteiger partial charge in [-0.05, 0) is 30.5 Å². The number of benzene rings is 1. The van der Waals surface area contributed by atoms with Crippen molar-refractivity contribution in [3.8, 4) is 40.3 Å². The lowest BCUT2D eigenvalue weighted by Crippen LogP contribution is -2.06. The van der Waals surface area contributed by atoms with Gasteiger partial charge >= 0.3 is 6.18 Å². The van der Waals surface area contributed by atoms with Crippen LogP contribution in [-0.2, 0) is 19.8 Å². The van der Waals surface area contributed by atoms with E-state index in [0.29, 0.717) is 17.0 Å². The van der Waals surface area contributed by atoms with Gasteiger partial charge in [0, 0.05) is 13.0 Å². The molecule has 0 spiro atoms. The van der Waals surface area contributed by atoms with E-state index < -0.39 is 22.8 Å². The fourth-order valence-corrected chi connectivity index (χ4v) is 4.24. The van der Waals surface area contributed by atoms with Crippen LogP contribution in [0.2, 0.25) is 5.15 Å². The largest absolute Gasteiger partial charge is 0.490 e. The van der Waals surface area contributed by atoms with Gasteiger partial charge in [0.25, 0.3) is 5.88 Å². The molecular weight excluding hydrogens is 544 g/mol. The molecule has 1 aliphatic rings. The molecule has 5 rings (SSSR count). The molecule has 0 N–H and O–H groups in total. The molecule has 1 aromatic carbocycles. The first-order valence-corrected chi connectivity index (χ1v) is 12.0. The SMILES string of the molecule is COc1cnc(-c2c(OC)ncnc2C2CC2)nc1OCc1ccc(-c2nc(C(F)(F)F)c(Cl)n2C)c(F)c1. The molecule has 4 aromatic rings. The van der Waals surface area contributed by atoms with Crippen molar-refractivity contribution in [1.29, 1.82) is 0 Å². The summed E-state index contributed by atoms with van der Waals surface area (Å²) in [6.07, 6.45) is 0.0556. The summed E-state index contributed by atoms with van der Waals surface area (Å²) in [5, 5.41) is -0.638. The molecule has 1 fully saturated rings. The van der Waals surface area contributed by atoms with Crippen molar-refractivity contribution in [1.82, 2.24) is 29.5 Å². The molecule has 0 bridgehead atoms. The first-order chi connectivity index (χ1) is 18.6. The molecular formula is C25H21ClF4N6O3. The van der Waals surface area contributed by atoms with Crippen molar-refractivity contribution in [2.75, 3.05) is 14.2 Å². The van der Waals surface area contributed by atoms with Crippen LogP contribution in [0.5, 0.6) is 17.5 Å². The van der Waals surface area contributed by atoms with Gasteiger partial charge in [-0.15, -0.1) is 0 Å². The first-order valence-electron chi connectivity index (χ1n) is 11.6. The highest BCUT2D eigenvalue weighted by Crippen LogP contribution is 2.45. The van der Waals surface area contributed by atoms with Gasteiger partial charge in [-0.3, -0.25) is 0 Å². The van der Waals surface area contributed by atoms with Crippen LogP contribution in [0.1, 0.15) is 35.7 Å². The highest BCUT2D eigenvalue weighted by atomic mass is 35.5. The van der Waals surface area contributed by atoms with E-state index in [0.717, 1.165) is 29.2 Å². The molecule has 0 atom stereocenters. The Morgan fingerprint density at radius 1 is 1.05 bits per heavy atom. The summed E-state index contributed by atoms with van der Waals surface area (Å²) in [4.78, 5) is 21.0. The van der Waals surface area contributed by atoms with Crippen LogP contribution in [0.25, 0.3) is 22.8 Å². The fraction of sp³-hybridized carbons (Fsp3) is 0.320. The number of rotatable bonds is 8. The summed E-state index contributed by atoms with van der Waals surface area (Å²) in [7, 11) is 4.19. The van der Waals surface area contributed by atoms with Gasteiger partial charge in [0.2, 0.25) is 5.88 Å². The molecule has 9 nitrogen and oxygen atoms in total. The smallest absolute Gasteiger partial charge is 0.436 e. The molecule has 1 aliphatic carbocycles. The van der Waals surface area contributed by atoms with Crippen molar-refractivity contribution < 1.29 is 31.8 Å². The van der Waals surface area contributed by atoms with Crippen molar-refractivity contribution in [3.63, 3.8) is 0 Å². The summed E-state index contributed by atoms with van der Waals surface area (Å²) >= 11 is 5.78. The second-order valence-corrected chi connectivity index (χ2v) is 9.08. The topological polar surface area (TPSA) is 97.1 Å². The van der Waals surface area contributed by atoms with Crippen LogP contribution in [0, 0.1) is 5.82 Å². The third-order valence-electron chi connectivity index (χ3n) is 6.11. The predicted molar refractivity (Wildman–Crippen MR) is 131 cm³/mol. The van der Waals surface area contributed by atoms with Crippen molar-refractivity contribution in [2.45, 2.75) is 31.5 Å². The second-order valence-electron chi connectivity index (χ2n) is 8.72. The maximum Gasteiger partial charge on any atom is 0.436 e. The summed E-state index contributed by atoms with van der Waals surface area (Å²) in [5.41, 5.74) is 0.278. The molecule has 14 heteroatoms. The highest BCUT2D eigenvalue weighted by molar-refractivity contribution is 6.30. The molecule has 0 amide bonds. The van der Waals surface area contributed by atoms with Crippen molar-refractivity contribution >= 4 is 11.6 Å². The maximum atomic E-state index is 15.0. The number of hydrogen-bond acceptors (Lipinski definition) is 8. The number of alkyl halides is 3. The zero-order chi connectivity index (χ0) is 27.9. The van der Waals surface area contributed by atoms with Crippen LogP contribution >= 0.6 is 11.6 Å². The van der Waals surface area contributed by atoms with E-state index in [2.05, 4.69) is 24.9 Å². The Morgan fingerprint density at radius 2 is 1.82 bits per heavy atom. The van der Waals surface area contributed by atoms with Gasteiger partial charge in [0.15, 0.2) is 17.3 Å². The average molecular weight is 565 g/mol. The monoisotopic (exact) mass is 564 g/mol. The minimum Gasteiger partial charge on any atom is -0.490 e. The number of aromatic nitrogens is 6. The molecule has 0 aliphatic heterocycles. The van der Waals surface area contributed by atoms with Crippen LogP contribution in [-0.4, -0.2) is 43.7 Å². The van der Waals surface area contributed by atoms with Gasteiger partial charge in [0.1, 0.15) is 35.3 Å². The quantitative estimate of drug-likeness (QED) is 0.254. The van der Waals surface area contributed by atoms with Gasteiger partial charge in [0.05, 0.1) is 31.7 Å². The Kier molecular flexibility index (Phi) is 7.02. The van der Waals surface area contributed by atoms with E-state index in [1.165, 1.54) is 45.9 Å². The van der Waals surface area contributed by atoms with Gasteiger partial charge in [-0.25, -0.2) is 24.3 Å². The third kappa shape index (κ3) is 5.18. The van der Waals surface area contributed by atoms with Crippen LogP contribution < -0.4 is 14.2 Å².